The molecular weight excluding hydrogens is 438 g/mol. The highest BCUT2D eigenvalue weighted by molar-refractivity contribution is 9.10. The predicted octanol–water partition coefficient (Wildman–Crippen LogP) is 4.27. The van der Waals surface area contributed by atoms with Crippen LogP contribution >= 0.6 is 15.9 Å². The number of aryl methyl sites for hydroxylation is 1. The summed E-state index contributed by atoms with van der Waals surface area (Å²) in [6.45, 7) is 0.349. The van der Waals surface area contributed by atoms with E-state index < -0.39 is 5.97 Å². The zero-order valence-corrected chi connectivity index (χ0v) is 17.0. The van der Waals surface area contributed by atoms with Gasteiger partial charge in [0.05, 0.1) is 26.1 Å². The molecule has 0 aliphatic rings. The van der Waals surface area contributed by atoms with Crippen molar-refractivity contribution in [3.8, 4) is 28.8 Å². The van der Waals surface area contributed by atoms with Crippen molar-refractivity contribution in [2.75, 3.05) is 7.11 Å². The van der Waals surface area contributed by atoms with Crippen molar-refractivity contribution in [1.82, 2.24) is 9.78 Å². The number of carbonyl (C=O) groups excluding carboxylic acids is 2. The topological polar surface area (TPSA) is 94.2 Å². The SMILES string of the molecule is COc1cc(C=O)ccc1OC(=O)c1cn(CCC#N)nc1-c1cccc(Br)c1. The lowest BCUT2D eigenvalue weighted by Gasteiger charge is -2.09. The van der Waals surface area contributed by atoms with E-state index in [0.717, 1.165) is 10.0 Å². The highest BCUT2D eigenvalue weighted by Crippen LogP contribution is 2.30. The Morgan fingerprint density at radius 3 is 2.79 bits per heavy atom. The normalized spacial score (nSPS) is 10.2. The van der Waals surface area contributed by atoms with Crippen molar-refractivity contribution in [1.29, 1.82) is 5.26 Å². The van der Waals surface area contributed by atoms with Crippen molar-refractivity contribution in [3.63, 3.8) is 0 Å². The summed E-state index contributed by atoms with van der Waals surface area (Å²) < 4.78 is 13.1. The van der Waals surface area contributed by atoms with Crippen molar-refractivity contribution >= 4 is 28.2 Å². The van der Waals surface area contributed by atoms with Crippen LogP contribution in [-0.2, 0) is 6.54 Å². The summed E-state index contributed by atoms with van der Waals surface area (Å²) >= 11 is 3.42. The van der Waals surface area contributed by atoms with E-state index in [9.17, 15) is 9.59 Å². The Morgan fingerprint density at radius 2 is 2.10 bits per heavy atom. The minimum Gasteiger partial charge on any atom is -0.493 e. The summed E-state index contributed by atoms with van der Waals surface area (Å²) in [7, 11) is 1.42. The van der Waals surface area contributed by atoms with Crippen molar-refractivity contribution < 1.29 is 19.1 Å². The van der Waals surface area contributed by atoms with Crippen LogP contribution in [0.4, 0.5) is 0 Å². The highest BCUT2D eigenvalue weighted by Gasteiger charge is 2.21. The maximum atomic E-state index is 12.9. The minimum absolute atomic E-state index is 0.188. The number of hydrogen-bond acceptors (Lipinski definition) is 6. The van der Waals surface area contributed by atoms with Crippen LogP contribution in [0.5, 0.6) is 11.5 Å². The number of methoxy groups -OCH3 is 1. The molecule has 3 rings (SSSR count). The Bertz CT molecular complexity index is 1100. The molecule has 0 saturated heterocycles. The average molecular weight is 454 g/mol. The van der Waals surface area contributed by atoms with Gasteiger partial charge in [0.25, 0.3) is 0 Å². The van der Waals surface area contributed by atoms with E-state index in [2.05, 4.69) is 27.1 Å². The van der Waals surface area contributed by atoms with Gasteiger partial charge < -0.3 is 9.47 Å². The lowest BCUT2D eigenvalue weighted by Crippen LogP contribution is -2.10. The number of rotatable bonds is 7. The van der Waals surface area contributed by atoms with Gasteiger partial charge in [-0.2, -0.15) is 10.4 Å². The molecule has 0 amide bonds. The Labute approximate surface area is 175 Å². The van der Waals surface area contributed by atoms with E-state index >= 15 is 0 Å². The average Bonchev–Trinajstić information content (AvgIpc) is 3.17. The number of aromatic nitrogens is 2. The van der Waals surface area contributed by atoms with Crippen LogP contribution in [0.25, 0.3) is 11.3 Å². The number of ether oxygens (including phenoxy) is 2. The first-order chi connectivity index (χ1) is 14.0. The largest absolute Gasteiger partial charge is 0.493 e. The smallest absolute Gasteiger partial charge is 0.347 e. The standard InChI is InChI=1S/C21H16BrN3O4/c1-28-19-10-14(13-26)6-7-18(19)29-21(27)17-12-25(9-3-8-23)24-20(17)15-4-2-5-16(22)11-15/h2,4-7,10-13H,3,9H2,1H3. The predicted molar refractivity (Wildman–Crippen MR) is 109 cm³/mol. The fourth-order valence-electron chi connectivity index (χ4n) is 2.70. The second-order valence-electron chi connectivity index (χ2n) is 5.99. The van der Waals surface area contributed by atoms with Gasteiger partial charge in [-0.25, -0.2) is 4.79 Å². The zero-order chi connectivity index (χ0) is 20.8. The number of benzene rings is 2. The van der Waals surface area contributed by atoms with E-state index in [1.807, 2.05) is 24.3 Å². The van der Waals surface area contributed by atoms with Gasteiger partial charge in [0.15, 0.2) is 11.5 Å². The maximum absolute atomic E-state index is 12.9. The molecular formula is C21H16BrN3O4. The molecule has 8 heteroatoms. The third kappa shape index (κ3) is 4.70. The number of nitriles is 1. The van der Waals surface area contributed by atoms with Gasteiger partial charge in [0.2, 0.25) is 0 Å². The highest BCUT2D eigenvalue weighted by atomic mass is 79.9. The van der Waals surface area contributed by atoms with Crippen molar-refractivity contribution in [3.05, 3.63) is 64.3 Å². The Balaban J connectivity index is 1.98. The Hall–Kier alpha value is -3.44. The van der Waals surface area contributed by atoms with Crippen LogP contribution in [0.15, 0.2) is 53.1 Å². The van der Waals surface area contributed by atoms with Crippen LogP contribution in [0.2, 0.25) is 0 Å². The molecule has 0 aliphatic heterocycles. The Morgan fingerprint density at radius 1 is 1.28 bits per heavy atom. The van der Waals surface area contributed by atoms with E-state index in [-0.39, 0.29) is 23.5 Å². The van der Waals surface area contributed by atoms with E-state index in [1.165, 1.54) is 25.3 Å². The quantitative estimate of drug-likeness (QED) is 0.301. The molecule has 0 atom stereocenters. The summed E-state index contributed by atoms with van der Waals surface area (Å²) in [5.41, 5.74) is 1.83. The van der Waals surface area contributed by atoms with Gasteiger partial charge in [0.1, 0.15) is 17.5 Å². The van der Waals surface area contributed by atoms with E-state index in [1.54, 1.807) is 10.9 Å². The number of halogens is 1. The molecule has 1 aromatic heterocycles. The van der Waals surface area contributed by atoms with Gasteiger partial charge in [-0.05, 0) is 30.3 Å². The van der Waals surface area contributed by atoms with Gasteiger partial charge >= 0.3 is 5.97 Å². The summed E-state index contributed by atoms with van der Waals surface area (Å²) in [6, 6.07) is 14.0. The molecule has 0 N–H and O–H groups in total. The molecule has 146 valence electrons. The van der Waals surface area contributed by atoms with Crippen LogP contribution in [0.1, 0.15) is 27.1 Å². The molecule has 2 aromatic carbocycles. The maximum Gasteiger partial charge on any atom is 0.347 e. The first-order valence-corrected chi connectivity index (χ1v) is 9.40. The van der Waals surface area contributed by atoms with Crippen LogP contribution in [0, 0.1) is 11.3 Å². The second-order valence-corrected chi connectivity index (χ2v) is 6.91. The van der Waals surface area contributed by atoms with Crippen LogP contribution in [-0.4, -0.2) is 29.1 Å². The van der Waals surface area contributed by atoms with E-state index in [0.29, 0.717) is 24.1 Å². The fourth-order valence-corrected chi connectivity index (χ4v) is 3.09. The van der Waals surface area contributed by atoms with Gasteiger partial charge in [-0.1, -0.05) is 28.1 Å². The molecule has 0 unspecified atom stereocenters. The fraction of sp³-hybridized carbons (Fsp3) is 0.143. The monoisotopic (exact) mass is 453 g/mol. The third-order valence-corrected chi connectivity index (χ3v) is 4.55. The molecule has 0 aliphatic carbocycles. The van der Waals surface area contributed by atoms with Gasteiger partial charge in [-0.15, -0.1) is 0 Å². The number of esters is 1. The summed E-state index contributed by atoms with van der Waals surface area (Å²) in [4.78, 5) is 23.9. The van der Waals surface area contributed by atoms with E-state index in [4.69, 9.17) is 14.7 Å². The molecule has 29 heavy (non-hydrogen) atoms. The summed E-state index contributed by atoms with van der Waals surface area (Å²) in [5.74, 6) is -0.169. The van der Waals surface area contributed by atoms with Crippen molar-refractivity contribution in [2.45, 2.75) is 13.0 Å². The Kier molecular flexibility index (Phi) is 6.42. The van der Waals surface area contributed by atoms with Gasteiger partial charge in [-0.3, -0.25) is 9.48 Å². The van der Waals surface area contributed by atoms with Crippen LogP contribution in [0.3, 0.4) is 0 Å². The lowest BCUT2D eigenvalue weighted by molar-refractivity contribution is 0.0730. The first-order valence-electron chi connectivity index (χ1n) is 8.61. The van der Waals surface area contributed by atoms with Gasteiger partial charge in [0, 0.05) is 21.8 Å². The molecule has 1 heterocycles. The molecule has 0 fully saturated rings. The second kappa shape index (κ2) is 9.17. The lowest BCUT2D eigenvalue weighted by atomic mass is 10.1. The molecule has 7 nitrogen and oxygen atoms in total. The summed E-state index contributed by atoms with van der Waals surface area (Å²) in [5, 5.41) is 13.3. The zero-order valence-electron chi connectivity index (χ0n) is 15.5. The number of aldehydes is 1. The third-order valence-electron chi connectivity index (χ3n) is 4.06. The molecule has 0 bridgehead atoms. The number of hydrogen-bond donors (Lipinski definition) is 0. The molecule has 0 spiro atoms. The summed E-state index contributed by atoms with van der Waals surface area (Å²) in [6.07, 6.45) is 2.50. The molecule has 0 radical (unpaired) electrons. The molecule has 0 saturated carbocycles. The molecule has 3 aromatic rings. The van der Waals surface area contributed by atoms with Crippen LogP contribution < -0.4 is 9.47 Å². The minimum atomic E-state index is -0.625. The number of nitrogens with zero attached hydrogens (tertiary/aromatic N) is 3. The van der Waals surface area contributed by atoms with Crippen molar-refractivity contribution in [2.24, 2.45) is 0 Å². The first kappa shape index (κ1) is 20.3. The number of carbonyl (C=O) groups is 2.